The van der Waals surface area contributed by atoms with Gasteiger partial charge in [0.2, 0.25) is 5.91 Å². The van der Waals surface area contributed by atoms with Crippen molar-refractivity contribution in [2.24, 2.45) is 0 Å². The summed E-state index contributed by atoms with van der Waals surface area (Å²) in [4.78, 5) is 30.4. The number of benzene rings is 3. The van der Waals surface area contributed by atoms with Gasteiger partial charge in [0.15, 0.2) is 0 Å². The number of piperidine rings is 1. The molecule has 0 unspecified atom stereocenters. The fraction of sp³-hybridized carbons (Fsp3) is 0.512. The van der Waals surface area contributed by atoms with Crippen LogP contribution in [0.5, 0.6) is 0 Å². The Morgan fingerprint density at radius 2 is 1.46 bits per heavy atom. The first-order valence-corrected chi connectivity index (χ1v) is 18.6. The lowest BCUT2D eigenvalue weighted by Crippen LogP contribution is -2.50. The van der Waals surface area contributed by atoms with E-state index < -0.39 is 0 Å². The van der Waals surface area contributed by atoms with Crippen LogP contribution in [0.2, 0.25) is 5.02 Å². The zero-order valence-corrected chi connectivity index (χ0v) is 31.8. The molecule has 4 rings (SSSR count). The molecule has 0 aromatic heterocycles. The number of amides is 2. The number of rotatable bonds is 13. The topological polar surface area (TPSA) is 64.7 Å². The minimum absolute atomic E-state index is 0.113. The minimum atomic E-state index is -0.226. The molecule has 1 atom stereocenters. The van der Waals surface area contributed by atoms with E-state index in [0.717, 1.165) is 62.8 Å². The Kier molecular flexibility index (Phi) is 27.9. The highest BCUT2D eigenvalue weighted by atomic mass is 35.5. The van der Waals surface area contributed by atoms with Gasteiger partial charge in [-0.3, -0.25) is 9.59 Å². The molecule has 1 heterocycles. The summed E-state index contributed by atoms with van der Waals surface area (Å²) in [6, 6.07) is 23.0. The fourth-order valence-electron chi connectivity index (χ4n) is 5.07. The number of hydrogen-bond donors (Lipinski definition) is 2. The fourth-order valence-corrected chi connectivity index (χ4v) is 5.25. The summed E-state index contributed by atoms with van der Waals surface area (Å²) in [5, 5.41) is 9.11. The second-order valence-electron chi connectivity index (χ2n) is 11.0. The lowest BCUT2D eigenvalue weighted by atomic mass is 10.1. The van der Waals surface area contributed by atoms with Crippen molar-refractivity contribution in [1.82, 2.24) is 20.4 Å². The van der Waals surface area contributed by atoms with Gasteiger partial charge in [-0.25, -0.2) is 0 Å². The predicted molar refractivity (Wildman–Crippen MR) is 210 cm³/mol. The maximum Gasteiger partial charge on any atom is 0.251 e. The van der Waals surface area contributed by atoms with Crippen LogP contribution in [0.1, 0.15) is 97.3 Å². The number of fused-ring (bicyclic) bond motifs is 1. The molecule has 0 bridgehead atoms. The van der Waals surface area contributed by atoms with Crippen LogP contribution in [-0.2, 0) is 4.79 Å². The van der Waals surface area contributed by atoms with E-state index >= 15 is 0 Å². The number of likely N-dealkylation sites (N-methyl/N-ethyl adjacent to an activating group) is 1. The van der Waals surface area contributed by atoms with Crippen LogP contribution in [0.25, 0.3) is 10.8 Å². The minimum Gasteiger partial charge on any atom is -0.351 e. The lowest BCUT2D eigenvalue weighted by molar-refractivity contribution is -0.133. The number of halogens is 1. The Morgan fingerprint density at radius 3 is 2.02 bits per heavy atom. The maximum absolute atomic E-state index is 13.3. The van der Waals surface area contributed by atoms with Crippen molar-refractivity contribution in [3.8, 4) is 0 Å². The normalized spacial score (nSPS) is 12.6. The van der Waals surface area contributed by atoms with Gasteiger partial charge in [0.25, 0.3) is 5.91 Å². The molecule has 268 valence electrons. The number of likely N-dealkylation sites (tertiary alicyclic amines) is 1. The molecule has 0 radical (unpaired) electrons. The summed E-state index contributed by atoms with van der Waals surface area (Å²) in [7, 11) is 0. The van der Waals surface area contributed by atoms with Gasteiger partial charge in [0.1, 0.15) is 0 Å². The Bertz CT molecular complexity index is 1200. The molecular formula is C41H65ClN4O2. The van der Waals surface area contributed by atoms with Crippen molar-refractivity contribution in [2.45, 2.75) is 93.0 Å². The molecule has 0 spiro atoms. The number of unbranched alkanes of at least 4 members (excludes halogenated alkanes) is 1. The predicted octanol–water partition coefficient (Wildman–Crippen LogP) is 9.64. The second kappa shape index (κ2) is 29.9. The largest absolute Gasteiger partial charge is 0.351 e. The SMILES string of the molecule is C=CC.CC.CC.CCCCN(CC)C(=O)[C@H](CCN1CCCCC1)NCCNC(=O)c1ccc2cc(Cl)ccc2c1.c1ccccc1. The zero-order chi connectivity index (χ0) is 36.0. The van der Waals surface area contributed by atoms with Crippen molar-refractivity contribution in [3.05, 3.63) is 96.0 Å². The summed E-state index contributed by atoms with van der Waals surface area (Å²) in [5.74, 6) is 0.0652. The van der Waals surface area contributed by atoms with Gasteiger partial charge in [-0.05, 0) is 87.7 Å². The molecule has 7 heteroatoms. The van der Waals surface area contributed by atoms with E-state index in [1.165, 1.54) is 19.3 Å². The number of nitrogens with one attached hydrogen (secondary N) is 2. The molecule has 0 aliphatic carbocycles. The molecule has 1 aliphatic heterocycles. The van der Waals surface area contributed by atoms with Crippen LogP contribution in [-0.4, -0.2) is 73.5 Å². The summed E-state index contributed by atoms with van der Waals surface area (Å²) >= 11 is 6.06. The van der Waals surface area contributed by atoms with E-state index in [-0.39, 0.29) is 17.9 Å². The molecule has 6 nitrogen and oxygen atoms in total. The number of allylic oxidation sites excluding steroid dienone is 1. The van der Waals surface area contributed by atoms with Crippen molar-refractivity contribution in [3.63, 3.8) is 0 Å². The van der Waals surface area contributed by atoms with Gasteiger partial charge in [-0.2, -0.15) is 0 Å². The summed E-state index contributed by atoms with van der Waals surface area (Å²) < 4.78 is 0. The van der Waals surface area contributed by atoms with Crippen molar-refractivity contribution < 1.29 is 9.59 Å². The number of hydrogen-bond acceptors (Lipinski definition) is 4. The van der Waals surface area contributed by atoms with Crippen LogP contribution >= 0.6 is 11.6 Å². The first kappa shape index (κ1) is 44.8. The molecule has 1 fully saturated rings. The van der Waals surface area contributed by atoms with Gasteiger partial charge in [0.05, 0.1) is 6.04 Å². The van der Waals surface area contributed by atoms with E-state index in [0.29, 0.717) is 23.7 Å². The highest BCUT2D eigenvalue weighted by molar-refractivity contribution is 6.31. The molecule has 2 N–H and O–H groups in total. The average molecular weight is 681 g/mol. The van der Waals surface area contributed by atoms with Crippen molar-refractivity contribution >= 4 is 34.2 Å². The zero-order valence-electron chi connectivity index (χ0n) is 31.1. The Morgan fingerprint density at radius 1 is 0.896 bits per heavy atom. The van der Waals surface area contributed by atoms with Crippen molar-refractivity contribution in [1.29, 1.82) is 0 Å². The quantitative estimate of drug-likeness (QED) is 0.139. The third-order valence-corrected chi connectivity index (χ3v) is 7.72. The number of nitrogens with zero attached hydrogens (tertiary/aromatic N) is 2. The first-order valence-electron chi connectivity index (χ1n) is 18.2. The second-order valence-corrected chi connectivity index (χ2v) is 11.4. The number of carbonyl (C=O) groups is 2. The molecule has 48 heavy (non-hydrogen) atoms. The standard InChI is InChI=1S/C28H41ClN4O2.C6H6.C3H6.2C2H6/c1-3-5-18-33(4-2)28(35)26(13-19-32-16-7-6-8-17-32)30-14-15-31-27(34)24-10-9-23-21-25(29)12-11-22(23)20-24;1-2-4-6-5-3-1;1-3-2;2*1-2/h9-12,20-21,26,30H,3-8,13-19H2,1-2H3,(H,31,34);1-6H;3H,1H2,2H3;2*1-2H3/t26-;;;;/m0..../s1. The van der Waals surface area contributed by atoms with Gasteiger partial charge in [-0.1, -0.05) is 114 Å². The van der Waals surface area contributed by atoms with Crippen molar-refractivity contribution in [2.75, 3.05) is 45.8 Å². The monoisotopic (exact) mass is 680 g/mol. The third-order valence-electron chi connectivity index (χ3n) is 7.49. The molecule has 3 aromatic carbocycles. The first-order chi connectivity index (χ1) is 23.4. The molecule has 0 saturated carbocycles. The molecule has 1 aliphatic rings. The Hall–Kier alpha value is -3.19. The van der Waals surface area contributed by atoms with E-state index in [2.05, 4.69) is 29.0 Å². The van der Waals surface area contributed by atoms with Crippen LogP contribution in [0, 0.1) is 0 Å². The van der Waals surface area contributed by atoms with Crippen LogP contribution in [0.15, 0.2) is 85.5 Å². The Labute approximate surface area is 298 Å². The van der Waals surface area contributed by atoms with Crippen LogP contribution in [0.4, 0.5) is 0 Å². The van der Waals surface area contributed by atoms with Crippen LogP contribution in [0.3, 0.4) is 0 Å². The summed E-state index contributed by atoms with van der Waals surface area (Å²) in [6.45, 7) is 23.2. The highest BCUT2D eigenvalue weighted by Crippen LogP contribution is 2.20. The molecule has 2 amide bonds. The van der Waals surface area contributed by atoms with E-state index in [9.17, 15) is 9.59 Å². The van der Waals surface area contributed by atoms with Gasteiger partial charge < -0.3 is 20.4 Å². The highest BCUT2D eigenvalue weighted by Gasteiger charge is 2.24. The van der Waals surface area contributed by atoms with Crippen LogP contribution < -0.4 is 10.6 Å². The van der Waals surface area contributed by atoms with Gasteiger partial charge >= 0.3 is 0 Å². The lowest BCUT2D eigenvalue weighted by Gasteiger charge is -2.31. The Balaban J connectivity index is 0.00000145. The third kappa shape index (κ3) is 19.0. The molecular weight excluding hydrogens is 616 g/mol. The maximum atomic E-state index is 13.3. The van der Waals surface area contributed by atoms with E-state index in [1.807, 2.05) is 119 Å². The van der Waals surface area contributed by atoms with E-state index in [4.69, 9.17) is 11.6 Å². The molecule has 1 saturated heterocycles. The summed E-state index contributed by atoms with van der Waals surface area (Å²) in [5.41, 5.74) is 0.620. The molecule has 3 aromatic rings. The average Bonchev–Trinajstić information content (AvgIpc) is 3.14. The van der Waals surface area contributed by atoms with E-state index in [1.54, 1.807) is 6.08 Å². The van der Waals surface area contributed by atoms with Gasteiger partial charge in [-0.15, -0.1) is 6.58 Å². The van der Waals surface area contributed by atoms with Gasteiger partial charge in [0, 0.05) is 43.3 Å². The number of carbonyl (C=O) groups excluding carboxylic acids is 2. The smallest absolute Gasteiger partial charge is 0.251 e. The summed E-state index contributed by atoms with van der Waals surface area (Å²) in [6.07, 6.45) is 8.44.